The van der Waals surface area contributed by atoms with E-state index in [1.165, 1.54) is 5.56 Å². The number of allylic oxidation sites excluding steroid dienone is 2. The van der Waals surface area contributed by atoms with Gasteiger partial charge in [-0.25, -0.2) is 0 Å². The van der Waals surface area contributed by atoms with Gasteiger partial charge in [0.15, 0.2) is 0 Å². The average Bonchev–Trinajstić information content (AvgIpc) is 2.21. The molecule has 0 atom stereocenters. The van der Waals surface area contributed by atoms with E-state index in [1.807, 2.05) is 39.0 Å². The van der Waals surface area contributed by atoms with Crippen LogP contribution in [0, 0.1) is 0 Å². The molecule has 0 aliphatic heterocycles. The second-order valence-corrected chi connectivity index (χ2v) is 3.10. The average molecular weight is 188 g/mol. The van der Waals surface area contributed by atoms with Crippen molar-refractivity contribution >= 4 is 5.57 Å². The summed E-state index contributed by atoms with van der Waals surface area (Å²) in [6.45, 7) is 13.9. The van der Waals surface area contributed by atoms with Crippen LogP contribution in [-0.2, 0) is 0 Å². The van der Waals surface area contributed by atoms with E-state index in [4.69, 9.17) is 0 Å². The molecule has 0 nitrogen and oxygen atoms in total. The molecular weight excluding hydrogens is 168 g/mol. The Morgan fingerprint density at radius 3 is 2.00 bits per heavy atom. The van der Waals surface area contributed by atoms with Crippen LogP contribution in [0.4, 0.5) is 0 Å². The molecule has 76 valence electrons. The van der Waals surface area contributed by atoms with Crippen LogP contribution in [0.15, 0.2) is 49.1 Å². The van der Waals surface area contributed by atoms with Crippen LogP contribution in [0.5, 0.6) is 0 Å². The molecule has 0 aliphatic carbocycles. The van der Waals surface area contributed by atoms with Crippen LogP contribution < -0.4 is 0 Å². The lowest BCUT2D eigenvalue weighted by Crippen LogP contribution is -1.82. The molecule has 1 aromatic carbocycles. The van der Waals surface area contributed by atoms with Crippen LogP contribution in [0.3, 0.4) is 0 Å². The van der Waals surface area contributed by atoms with E-state index in [1.54, 1.807) is 0 Å². The summed E-state index contributed by atoms with van der Waals surface area (Å²) in [6.07, 6.45) is 0.893. The number of benzene rings is 1. The molecule has 0 aromatic heterocycles. The lowest BCUT2D eigenvalue weighted by molar-refractivity contribution is 1.24. The molecular formula is C14H20. The molecule has 0 spiro atoms. The molecule has 0 aliphatic rings. The molecule has 0 heteroatoms. The Hall–Kier alpha value is -1.30. The van der Waals surface area contributed by atoms with Crippen LogP contribution in [0.25, 0.3) is 5.57 Å². The third-order valence-electron chi connectivity index (χ3n) is 1.70. The zero-order valence-electron chi connectivity index (χ0n) is 9.51. The van der Waals surface area contributed by atoms with Gasteiger partial charge < -0.3 is 0 Å². The Bertz CT molecular complexity index is 280. The van der Waals surface area contributed by atoms with Gasteiger partial charge in [0, 0.05) is 0 Å². The number of hydrogen-bond donors (Lipinski definition) is 0. The minimum absolute atomic E-state index is 0.893. The van der Waals surface area contributed by atoms with Crippen molar-refractivity contribution < 1.29 is 0 Å². The summed E-state index contributed by atoms with van der Waals surface area (Å²) in [5, 5.41) is 0. The standard InChI is InChI=1S/C12H14.C2H6/c1-10(2)9-11(3)12-7-5-4-6-8-12;1-2/h4-8H,1,3,9H2,2H3;1-2H3. The number of rotatable bonds is 3. The van der Waals surface area contributed by atoms with E-state index < -0.39 is 0 Å². The maximum atomic E-state index is 4.00. The topological polar surface area (TPSA) is 0 Å². The van der Waals surface area contributed by atoms with Gasteiger partial charge in [0.2, 0.25) is 0 Å². The fourth-order valence-electron chi connectivity index (χ4n) is 1.14. The van der Waals surface area contributed by atoms with Gasteiger partial charge >= 0.3 is 0 Å². The van der Waals surface area contributed by atoms with Gasteiger partial charge in [-0.1, -0.05) is 62.9 Å². The van der Waals surface area contributed by atoms with E-state index in [9.17, 15) is 0 Å². The van der Waals surface area contributed by atoms with Crippen molar-refractivity contribution in [3.8, 4) is 0 Å². The first kappa shape index (κ1) is 12.7. The minimum atomic E-state index is 0.893. The molecule has 0 unspecified atom stereocenters. The summed E-state index contributed by atoms with van der Waals surface area (Å²) in [7, 11) is 0. The Kier molecular flexibility index (Phi) is 6.47. The van der Waals surface area contributed by atoms with Crippen molar-refractivity contribution in [1.29, 1.82) is 0 Å². The Morgan fingerprint density at radius 2 is 1.57 bits per heavy atom. The van der Waals surface area contributed by atoms with Gasteiger partial charge in [0.1, 0.15) is 0 Å². The Labute approximate surface area is 88.0 Å². The summed E-state index contributed by atoms with van der Waals surface area (Å²) in [6, 6.07) is 10.2. The van der Waals surface area contributed by atoms with Gasteiger partial charge in [0.05, 0.1) is 0 Å². The molecule has 1 rings (SSSR count). The fraction of sp³-hybridized carbons (Fsp3) is 0.286. The first-order chi connectivity index (χ1) is 6.70. The molecule has 0 fully saturated rings. The van der Waals surface area contributed by atoms with Gasteiger partial charge in [-0.3, -0.25) is 0 Å². The molecule has 0 radical (unpaired) electrons. The molecule has 0 heterocycles. The van der Waals surface area contributed by atoms with Gasteiger partial charge in [-0.05, 0) is 24.5 Å². The Balaban J connectivity index is 0.000000791. The molecule has 1 aromatic rings. The molecule has 14 heavy (non-hydrogen) atoms. The predicted octanol–water partition coefficient (Wildman–Crippen LogP) is 4.69. The van der Waals surface area contributed by atoms with Gasteiger partial charge in [-0.15, -0.1) is 0 Å². The predicted molar refractivity (Wildman–Crippen MR) is 66.3 cm³/mol. The van der Waals surface area contributed by atoms with Crippen LogP contribution in [0.1, 0.15) is 32.8 Å². The zero-order valence-corrected chi connectivity index (χ0v) is 9.51. The summed E-state index contributed by atoms with van der Waals surface area (Å²) in [4.78, 5) is 0. The van der Waals surface area contributed by atoms with Gasteiger partial charge in [-0.2, -0.15) is 0 Å². The van der Waals surface area contributed by atoms with E-state index in [0.29, 0.717) is 0 Å². The highest BCUT2D eigenvalue weighted by atomic mass is 14.0. The van der Waals surface area contributed by atoms with E-state index in [-0.39, 0.29) is 0 Å². The minimum Gasteiger partial charge on any atom is -0.0998 e. The highest BCUT2D eigenvalue weighted by Crippen LogP contribution is 2.18. The first-order valence-electron chi connectivity index (χ1n) is 5.07. The third-order valence-corrected chi connectivity index (χ3v) is 1.70. The molecule has 0 saturated carbocycles. The maximum Gasteiger partial charge on any atom is -0.00725 e. The quantitative estimate of drug-likeness (QED) is 0.603. The maximum absolute atomic E-state index is 4.00. The van der Waals surface area contributed by atoms with Crippen molar-refractivity contribution in [2.75, 3.05) is 0 Å². The van der Waals surface area contributed by atoms with Crippen molar-refractivity contribution in [2.24, 2.45) is 0 Å². The van der Waals surface area contributed by atoms with Crippen LogP contribution >= 0.6 is 0 Å². The summed E-state index contributed by atoms with van der Waals surface area (Å²) < 4.78 is 0. The lowest BCUT2D eigenvalue weighted by Gasteiger charge is -2.04. The smallest absolute Gasteiger partial charge is 0.00725 e. The molecule has 0 amide bonds. The van der Waals surface area contributed by atoms with Crippen molar-refractivity contribution in [1.82, 2.24) is 0 Å². The van der Waals surface area contributed by atoms with Crippen molar-refractivity contribution in [3.05, 3.63) is 54.6 Å². The monoisotopic (exact) mass is 188 g/mol. The normalized spacial score (nSPS) is 8.50. The zero-order chi connectivity index (χ0) is 11.0. The van der Waals surface area contributed by atoms with Crippen LogP contribution in [0.2, 0.25) is 0 Å². The highest BCUT2D eigenvalue weighted by molar-refractivity contribution is 5.64. The van der Waals surface area contributed by atoms with Crippen LogP contribution in [-0.4, -0.2) is 0 Å². The first-order valence-corrected chi connectivity index (χ1v) is 5.07. The number of hydrogen-bond acceptors (Lipinski definition) is 0. The summed E-state index contributed by atoms with van der Waals surface area (Å²) >= 11 is 0. The summed E-state index contributed by atoms with van der Waals surface area (Å²) in [5.41, 5.74) is 3.51. The van der Waals surface area contributed by atoms with Crippen molar-refractivity contribution in [3.63, 3.8) is 0 Å². The highest BCUT2D eigenvalue weighted by Gasteiger charge is 1.96. The molecule has 0 saturated heterocycles. The SMILES string of the molecule is C=C(C)CC(=C)c1ccccc1.CC. The lowest BCUT2D eigenvalue weighted by atomic mass is 10.0. The van der Waals surface area contributed by atoms with E-state index in [0.717, 1.165) is 17.6 Å². The van der Waals surface area contributed by atoms with E-state index >= 15 is 0 Å². The molecule has 0 N–H and O–H groups in total. The molecule has 0 bridgehead atoms. The van der Waals surface area contributed by atoms with Gasteiger partial charge in [0.25, 0.3) is 0 Å². The fourth-order valence-corrected chi connectivity index (χ4v) is 1.14. The van der Waals surface area contributed by atoms with E-state index in [2.05, 4.69) is 25.3 Å². The second kappa shape index (κ2) is 7.14. The van der Waals surface area contributed by atoms with Crippen molar-refractivity contribution in [2.45, 2.75) is 27.2 Å². The largest absolute Gasteiger partial charge is 0.0998 e. The third kappa shape index (κ3) is 4.66. The second-order valence-electron chi connectivity index (χ2n) is 3.10. The summed E-state index contributed by atoms with van der Waals surface area (Å²) in [5.74, 6) is 0. The Morgan fingerprint density at radius 1 is 1.07 bits per heavy atom.